The average molecular weight is 205 g/mol. The van der Waals surface area contributed by atoms with Gasteiger partial charge >= 0.3 is 0 Å². The van der Waals surface area contributed by atoms with Gasteiger partial charge in [0.25, 0.3) is 5.91 Å². The van der Waals surface area contributed by atoms with Crippen LogP contribution in [0.25, 0.3) is 5.65 Å². The molecule has 0 aliphatic heterocycles. The second kappa shape index (κ2) is 2.94. The number of carbonyl (C=O) groups is 1. The van der Waals surface area contributed by atoms with E-state index in [1.54, 1.807) is 0 Å². The Morgan fingerprint density at radius 2 is 2.13 bits per heavy atom. The summed E-state index contributed by atoms with van der Waals surface area (Å²) in [4.78, 5) is 15.4. The van der Waals surface area contributed by atoms with E-state index in [4.69, 9.17) is 11.5 Å². The largest absolute Gasteiger partial charge is 0.381 e. The molecule has 2 heterocycles. The van der Waals surface area contributed by atoms with Crippen molar-refractivity contribution in [1.82, 2.24) is 14.6 Å². The Morgan fingerprint density at radius 1 is 1.47 bits per heavy atom. The number of primary amides is 1. The van der Waals surface area contributed by atoms with Crippen molar-refractivity contribution in [2.45, 2.75) is 13.8 Å². The molecule has 0 aliphatic rings. The summed E-state index contributed by atoms with van der Waals surface area (Å²) < 4.78 is 1.52. The van der Waals surface area contributed by atoms with Gasteiger partial charge in [-0.25, -0.2) is 9.50 Å². The smallest absolute Gasteiger partial charge is 0.256 e. The van der Waals surface area contributed by atoms with E-state index in [2.05, 4.69) is 10.1 Å². The van der Waals surface area contributed by atoms with E-state index < -0.39 is 5.91 Å². The lowest BCUT2D eigenvalue weighted by Gasteiger charge is -2.00. The van der Waals surface area contributed by atoms with E-state index in [0.717, 1.165) is 11.4 Å². The van der Waals surface area contributed by atoms with Crippen LogP contribution in [0.1, 0.15) is 21.7 Å². The number of aryl methyl sites for hydroxylation is 2. The molecule has 2 aromatic rings. The average Bonchev–Trinajstić information content (AvgIpc) is 2.41. The van der Waals surface area contributed by atoms with E-state index >= 15 is 0 Å². The number of hydrogen-bond donors (Lipinski definition) is 2. The number of carbonyl (C=O) groups excluding carboxylic acids is 1. The van der Waals surface area contributed by atoms with E-state index in [0.29, 0.717) is 5.65 Å². The Labute approximate surface area is 85.9 Å². The molecule has 6 nitrogen and oxygen atoms in total. The summed E-state index contributed by atoms with van der Waals surface area (Å²) in [5.74, 6) is -0.497. The number of nitrogen functional groups attached to an aromatic ring is 1. The Balaban J connectivity index is 2.93. The Bertz CT molecular complexity index is 557. The topological polar surface area (TPSA) is 99.3 Å². The number of amides is 1. The van der Waals surface area contributed by atoms with Crippen molar-refractivity contribution in [3.63, 3.8) is 0 Å². The molecule has 0 spiro atoms. The van der Waals surface area contributed by atoms with Crippen LogP contribution in [0.3, 0.4) is 0 Å². The Hall–Kier alpha value is -2.11. The monoisotopic (exact) mass is 205 g/mol. The van der Waals surface area contributed by atoms with Gasteiger partial charge in [0.15, 0.2) is 11.5 Å². The molecule has 4 N–H and O–H groups in total. The molecule has 2 aromatic heterocycles. The number of fused-ring (bicyclic) bond motifs is 1. The van der Waals surface area contributed by atoms with Gasteiger partial charge in [-0.2, -0.15) is 0 Å². The highest BCUT2D eigenvalue weighted by Crippen LogP contribution is 2.17. The van der Waals surface area contributed by atoms with Crippen molar-refractivity contribution in [2.24, 2.45) is 5.73 Å². The van der Waals surface area contributed by atoms with E-state index in [1.807, 2.05) is 19.9 Å². The zero-order valence-electron chi connectivity index (χ0n) is 8.48. The molecule has 0 saturated carbocycles. The molecule has 0 aliphatic carbocycles. The van der Waals surface area contributed by atoms with Gasteiger partial charge in [-0.15, -0.1) is 5.10 Å². The third-order valence-electron chi connectivity index (χ3n) is 2.17. The van der Waals surface area contributed by atoms with Gasteiger partial charge in [-0.3, -0.25) is 4.79 Å². The number of rotatable bonds is 1. The zero-order chi connectivity index (χ0) is 11.2. The van der Waals surface area contributed by atoms with Gasteiger partial charge < -0.3 is 11.5 Å². The molecular formula is C9H11N5O. The third-order valence-corrected chi connectivity index (χ3v) is 2.17. The van der Waals surface area contributed by atoms with Crippen molar-refractivity contribution in [2.75, 3.05) is 5.73 Å². The maximum absolute atomic E-state index is 11.2. The van der Waals surface area contributed by atoms with Gasteiger partial charge in [0.05, 0.1) is 0 Å². The summed E-state index contributed by atoms with van der Waals surface area (Å²) in [7, 11) is 0. The summed E-state index contributed by atoms with van der Waals surface area (Å²) in [6.07, 6.45) is 0. The highest BCUT2D eigenvalue weighted by atomic mass is 16.1. The molecule has 15 heavy (non-hydrogen) atoms. The lowest BCUT2D eigenvalue weighted by atomic mass is 10.3. The van der Waals surface area contributed by atoms with Gasteiger partial charge in [-0.1, -0.05) is 0 Å². The Kier molecular flexibility index (Phi) is 1.85. The van der Waals surface area contributed by atoms with Crippen molar-refractivity contribution in [3.05, 3.63) is 23.0 Å². The van der Waals surface area contributed by atoms with Gasteiger partial charge in [0, 0.05) is 11.4 Å². The highest BCUT2D eigenvalue weighted by Gasteiger charge is 2.17. The fourth-order valence-corrected chi connectivity index (χ4v) is 1.57. The van der Waals surface area contributed by atoms with Crippen LogP contribution in [0.15, 0.2) is 6.07 Å². The standard InChI is InChI=1S/C9H11N5O/c1-4-3-5(2)14-9(12-4)6(8(11)15)7(10)13-14/h3H,1-2H3,(H2,10,13)(H2,11,15). The predicted molar refractivity (Wildman–Crippen MR) is 55.4 cm³/mol. The minimum Gasteiger partial charge on any atom is -0.381 e. The highest BCUT2D eigenvalue weighted by molar-refractivity contribution is 6.03. The normalized spacial score (nSPS) is 10.8. The van der Waals surface area contributed by atoms with Crippen molar-refractivity contribution < 1.29 is 4.79 Å². The van der Waals surface area contributed by atoms with Crippen molar-refractivity contribution >= 4 is 17.4 Å². The van der Waals surface area contributed by atoms with Gasteiger partial charge in [0.1, 0.15) is 5.56 Å². The van der Waals surface area contributed by atoms with Gasteiger partial charge in [-0.05, 0) is 19.9 Å². The van der Waals surface area contributed by atoms with Crippen LogP contribution in [0.5, 0.6) is 0 Å². The third kappa shape index (κ3) is 1.30. The number of nitrogens with zero attached hydrogens (tertiary/aromatic N) is 3. The predicted octanol–water partition coefficient (Wildman–Crippen LogP) is 0.0272. The molecule has 0 aromatic carbocycles. The summed E-state index contributed by atoms with van der Waals surface area (Å²) in [5, 5.41) is 4.01. The number of aromatic nitrogens is 3. The first kappa shape index (κ1) is 9.45. The van der Waals surface area contributed by atoms with Crippen molar-refractivity contribution in [3.8, 4) is 0 Å². The minimum atomic E-state index is -0.611. The lowest BCUT2D eigenvalue weighted by Crippen LogP contribution is -2.13. The van der Waals surface area contributed by atoms with Crippen LogP contribution >= 0.6 is 0 Å². The number of hydrogen-bond acceptors (Lipinski definition) is 4. The van der Waals surface area contributed by atoms with E-state index in [9.17, 15) is 4.79 Å². The maximum atomic E-state index is 11.2. The summed E-state index contributed by atoms with van der Waals surface area (Å²) in [6.45, 7) is 3.69. The molecular weight excluding hydrogens is 194 g/mol. The fraction of sp³-hybridized carbons (Fsp3) is 0.222. The second-order valence-electron chi connectivity index (χ2n) is 3.40. The van der Waals surface area contributed by atoms with Crippen LogP contribution in [0.2, 0.25) is 0 Å². The molecule has 78 valence electrons. The molecule has 0 atom stereocenters. The fourth-order valence-electron chi connectivity index (χ4n) is 1.57. The van der Waals surface area contributed by atoms with E-state index in [1.165, 1.54) is 4.52 Å². The summed E-state index contributed by atoms with van der Waals surface area (Å²) in [6, 6.07) is 1.85. The van der Waals surface area contributed by atoms with Crippen LogP contribution < -0.4 is 11.5 Å². The first-order valence-electron chi connectivity index (χ1n) is 4.43. The first-order valence-corrected chi connectivity index (χ1v) is 4.43. The Morgan fingerprint density at radius 3 is 2.73 bits per heavy atom. The quantitative estimate of drug-likeness (QED) is 0.685. The number of anilines is 1. The molecule has 6 heteroatoms. The van der Waals surface area contributed by atoms with Crippen LogP contribution in [0, 0.1) is 13.8 Å². The number of nitrogens with two attached hydrogens (primary N) is 2. The molecule has 0 fully saturated rings. The maximum Gasteiger partial charge on any atom is 0.256 e. The second-order valence-corrected chi connectivity index (χ2v) is 3.40. The first-order chi connectivity index (χ1) is 7.00. The van der Waals surface area contributed by atoms with Crippen LogP contribution in [-0.4, -0.2) is 20.5 Å². The van der Waals surface area contributed by atoms with E-state index in [-0.39, 0.29) is 11.4 Å². The molecule has 2 rings (SSSR count). The SMILES string of the molecule is Cc1cc(C)n2nc(N)c(C(N)=O)c2n1. The summed E-state index contributed by atoms with van der Waals surface area (Å²) >= 11 is 0. The van der Waals surface area contributed by atoms with Crippen LogP contribution in [-0.2, 0) is 0 Å². The molecule has 0 saturated heterocycles. The van der Waals surface area contributed by atoms with Crippen LogP contribution in [0.4, 0.5) is 5.82 Å². The van der Waals surface area contributed by atoms with Gasteiger partial charge in [0.2, 0.25) is 0 Å². The lowest BCUT2D eigenvalue weighted by molar-refractivity contribution is 0.100. The summed E-state index contributed by atoms with van der Waals surface area (Å²) in [5.41, 5.74) is 13.1. The van der Waals surface area contributed by atoms with Crippen molar-refractivity contribution in [1.29, 1.82) is 0 Å². The molecule has 0 unspecified atom stereocenters. The zero-order valence-corrected chi connectivity index (χ0v) is 8.48. The minimum absolute atomic E-state index is 0.115. The molecule has 1 amide bonds. The molecule has 0 bridgehead atoms. The molecule has 0 radical (unpaired) electrons.